The summed E-state index contributed by atoms with van der Waals surface area (Å²) in [6.45, 7) is 1.82. The number of oxazole rings is 1. The Labute approximate surface area is 190 Å². The Morgan fingerprint density at radius 3 is 2.00 bits per heavy atom. The van der Waals surface area contributed by atoms with Crippen LogP contribution in [-0.2, 0) is 26.2 Å². The van der Waals surface area contributed by atoms with Crippen LogP contribution in [0.1, 0.15) is 33.1 Å². The van der Waals surface area contributed by atoms with Crippen molar-refractivity contribution in [3.05, 3.63) is 125 Å². The maximum atomic E-state index is 13.3. The van der Waals surface area contributed by atoms with Gasteiger partial charge in [-0.15, -0.1) is 0 Å². The summed E-state index contributed by atoms with van der Waals surface area (Å²) in [5.41, 5.74) is 3.02. The molecule has 0 atom stereocenters. The molecule has 0 bridgehead atoms. The fourth-order valence-corrected chi connectivity index (χ4v) is 3.41. The van der Waals surface area contributed by atoms with Gasteiger partial charge in [0.1, 0.15) is 17.9 Å². The van der Waals surface area contributed by atoms with E-state index in [0.29, 0.717) is 25.5 Å². The van der Waals surface area contributed by atoms with Crippen LogP contribution < -0.4 is 5.32 Å². The lowest BCUT2D eigenvalue weighted by molar-refractivity contribution is 0.0945. The van der Waals surface area contributed by atoms with Gasteiger partial charge in [-0.2, -0.15) is 0 Å². The van der Waals surface area contributed by atoms with Gasteiger partial charge in [-0.25, -0.2) is 13.8 Å². The number of nitrogens with zero attached hydrogens (tertiary/aromatic N) is 2. The van der Waals surface area contributed by atoms with Crippen LogP contribution in [0.25, 0.3) is 0 Å². The highest BCUT2D eigenvalue weighted by Gasteiger charge is 2.16. The summed E-state index contributed by atoms with van der Waals surface area (Å²) >= 11 is 0. The summed E-state index contributed by atoms with van der Waals surface area (Å²) < 4.78 is 31.9. The van der Waals surface area contributed by atoms with Crippen LogP contribution in [0.15, 0.2) is 89.5 Å². The van der Waals surface area contributed by atoms with Gasteiger partial charge in [0.25, 0.3) is 5.91 Å². The van der Waals surface area contributed by atoms with E-state index in [2.05, 4.69) is 15.2 Å². The number of amides is 1. The Morgan fingerprint density at radius 1 is 0.788 bits per heavy atom. The number of benzene rings is 3. The molecule has 4 aromatic rings. The van der Waals surface area contributed by atoms with Crippen molar-refractivity contribution in [3.8, 4) is 0 Å². The first-order valence-corrected chi connectivity index (χ1v) is 10.5. The third-order valence-corrected chi connectivity index (χ3v) is 5.08. The molecular weight excluding hydrogens is 424 g/mol. The molecule has 1 amide bonds. The average molecular weight is 447 g/mol. The zero-order valence-corrected chi connectivity index (χ0v) is 17.9. The van der Waals surface area contributed by atoms with Crippen molar-refractivity contribution in [1.29, 1.82) is 0 Å². The lowest BCUT2D eigenvalue weighted by Crippen LogP contribution is -2.24. The van der Waals surface area contributed by atoms with Crippen molar-refractivity contribution in [2.45, 2.75) is 26.2 Å². The van der Waals surface area contributed by atoms with E-state index in [0.717, 1.165) is 16.7 Å². The molecule has 0 radical (unpaired) electrons. The number of aromatic nitrogens is 1. The first-order chi connectivity index (χ1) is 16.0. The van der Waals surface area contributed by atoms with E-state index in [1.807, 2.05) is 30.3 Å². The highest BCUT2D eigenvalue weighted by atomic mass is 19.1. The number of hydrogen-bond donors (Lipinski definition) is 1. The summed E-state index contributed by atoms with van der Waals surface area (Å²) in [7, 11) is 0. The van der Waals surface area contributed by atoms with Crippen LogP contribution in [0, 0.1) is 11.6 Å². The van der Waals surface area contributed by atoms with Gasteiger partial charge >= 0.3 is 0 Å². The van der Waals surface area contributed by atoms with E-state index in [1.54, 1.807) is 24.3 Å². The van der Waals surface area contributed by atoms with Crippen LogP contribution in [0.4, 0.5) is 8.78 Å². The van der Waals surface area contributed by atoms with E-state index >= 15 is 0 Å². The normalized spacial score (nSPS) is 11.0. The third kappa shape index (κ3) is 6.57. The molecule has 1 heterocycles. The van der Waals surface area contributed by atoms with Crippen LogP contribution in [0.2, 0.25) is 0 Å². The van der Waals surface area contributed by atoms with Crippen molar-refractivity contribution in [2.75, 3.05) is 0 Å². The zero-order valence-electron chi connectivity index (χ0n) is 17.9. The highest BCUT2D eigenvalue weighted by molar-refractivity contribution is 5.91. The molecule has 0 saturated carbocycles. The summed E-state index contributed by atoms with van der Waals surface area (Å²) in [4.78, 5) is 18.9. The molecule has 168 valence electrons. The van der Waals surface area contributed by atoms with Gasteiger partial charge in [0.05, 0.1) is 6.54 Å². The molecule has 0 spiro atoms. The molecule has 3 aromatic carbocycles. The molecule has 0 aliphatic heterocycles. The minimum Gasteiger partial charge on any atom is -0.447 e. The van der Waals surface area contributed by atoms with Crippen molar-refractivity contribution < 1.29 is 18.0 Å². The fraction of sp³-hybridized carbons (Fsp3) is 0.154. The summed E-state index contributed by atoms with van der Waals surface area (Å²) in [5.74, 6) is -0.577. The van der Waals surface area contributed by atoms with Gasteiger partial charge < -0.3 is 9.73 Å². The molecule has 0 aliphatic carbocycles. The molecule has 1 N–H and O–H groups in total. The second kappa shape index (κ2) is 10.7. The number of nitrogens with one attached hydrogen (secondary N) is 1. The first-order valence-electron chi connectivity index (χ1n) is 10.5. The maximum Gasteiger partial charge on any atom is 0.273 e. The molecule has 33 heavy (non-hydrogen) atoms. The van der Waals surface area contributed by atoms with Gasteiger partial charge in [0.2, 0.25) is 5.89 Å². The van der Waals surface area contributed by atoms with E-state index < -0.39 is 0 Å². The summed E-state index contributed by atoms with van der Waals surface area (Å²) in [6, 6.07) is 22.2. The molecular formula is C26H23F2N3O2. The maximum absolute atomic E-state index is 13.3. The van der Waals surface area contributed by atoms with Crippen molar-refractivity contribution in [3.63, 3.8) is 0 Å². The second-order valence-electron chi connectivity index (χ2n) is 7.69. The van der Waals surface area contributed by atoms with Crippen molar-refractivity contribution >= 4 is 5.91 Å². The molecule has 0 fully saturated rings. The first kappa shape index (κ1) is 22.4. The molecule has 0 unspecified atom stereocenters. The van der Waals surface area contributed by atoms with Gasteiger partial charge in [-0.3, -0.25) is 9.69 Å². The van der Waals surface area contributed by atoms with Gasteiger partial charge in [0, 0.05) is 19.6 Å². The summed E-state index contributed by atoms with van der Waals surface area (Å²) in [6.07, 6.45) is 1.33. The molecule has 0 saturated heterocycles. The Bertz CT molecular complexity index is 1180. The molecule has 0 aliphatic rings. The van der Waals surface area contributed by atoms with Crippen LogP contribution >= 0.6 is 0 Å². The molecule has 1 aromatic heterocycles. The lowest BCUT2D eigenvalue weighted by Gasteiger charge is -2.21. The van der Waals surface area contributed by atoms with Crippen LogP contribution in [-0.4, -0.2) is 15.8 Å². The predicted molar refractivity (Wildman–Crippen MR) is 120 cm³/mol. The van der Waals surface area contributed by atoms with Crippen LogP contribution in [0.3, 0.4) is 0 Å². The fourth-order valence-electron chi connectivity index (χ4n) is 3.41. The third-order valence-electron chi connectivity index (χ3n) is 5.08. The zero-order chi connectivity index (χ0) is 23.0. The number of carbonyl (C=O) groups excluding carboxylic acids is 1. The predicted octanol–water partition coefficient (Wildman–Crippen LogP) is 5.09. The van der Waals surface area contributed by atoms with Gasteiger partial charge in [-0.1, -0.05) is 54.6 Å². The monoisotopic (exact) mass is 447 g/mol. The Morgan fingerprint density at radius 2 is 1.36 bits per heavy atom. The largest absolute Gasteiger partial charge is 0.447 e. The Kier molecular flexibility index (Phi) is 7.22. The lowest BCUT2D eigenvalue weighted by atomic mass is 10.1. The number of halogens is 2. The topological polar surface area (TPSA) is 58.4 Å². The smallest absolute Gasteiger partial charge is 0.273 e. The molecule has 4 rings (SSSR count). The standard InChI is InChI=1S/C26H23F2N3O2/c27-22-10-6-19(7-11-22)14-29-26(32)24-18-33-25(30-24)17-31(15-20-4-2-1-3-5-20)16-21-8-12-23(28)13-9-21/h1-13,18H,14-17H2,(H,29,32). The minimum atomic E-state index is -0.373. The summed E-state index contributed by atoms with van der Waals surface area (Å²) in [5, 5.41) is 2.75. The number of rotatable bonds is 9. The van der Waals surface area contributed by atoms with Gasteiger partial charge in [-0.05, 0) is 41.0 Å². The van der Waals surface area contributed by atoms with Crippen LogP contribution in [0.5, 0.6) is 0 Å². The average Bonchev–Trinajstić information content (AvgIpc) is 3.29. The second-order valence-corrected chi connectivity index (χ2v) is 7.69. The molecule has 5 nitrogen and oxygen atoms in total. The highest BCUT2D eigenvalue weighted by Crippen LogP contribution is 2.15. The van der Waals surface area contributed by atoms with E-state index in [9.17, 15) is 13.6 Å². The minimum absolute atomic E-state index is 0.175. The van der Waals surface area contributed by atoms with E-state index in [4.69, 9.17) is 4.42 Å². The number of hydrogen-bond acceptors (Lipinski definition) is 4. The van der Waals surface area contributed by atoms with E-state index in [1.165, 1.54) is 30.5 Å². The quantitative estimate of drug-likeness (QED) is 0.389. The molecule has 7 heteroatoms. The van der Waals surface area contributed by atoms with E-state index in [-0.39, 0.29) is 29.8 Å². The Balaban J connectivity index is 1.41. The SMILES string of the molecule is O=C(NCc1ccc(F)cc1)c1coc(CN(Cc2ccccc2)Cc2ccc(F)cc2)n1. The van der Waals surface area contributed by atoms with Gasteiger partial charge in [0.15, 0.2) is 5.69 Å². The number of carbonyl (C=O) groups is 1. The van der Waals surface area contributed by atoms with Crippen molar-refractivity contribution in [2.24, 2.45) is 0 Å². The Hall–Kier alpha value is -3.84. The van der Waals surface area contributed by atoms with Crippen molar-refractivity contribution in [1.82, 2.24) is 15.2 Å².